The van der Waals surface area contributed by atoms with Crippen LogP contribution in [0.5, 0.6) is 0 Å². The first-order valence-electron chi connectivity index (χ1n) is 11.9. The molecule has 0 bridgehead atoms. The number of hydrogen-bond donors (Lipinski definition) is 2. The molecule has 4 rings (SSSR count). The number of carbonyl (C=O) groups is 1. The molecule has 1 fully saturated rings. The smallest absolute Gasteiger partial charge is 0.237 e. The monoisotopic (exact) mass is 436 g/mol. The average Bonchev–Trinajstić information content (AvgIpc) is 2.82. The fourth-order valence-electron chi connectivity index (χ4n) is 4.81. The molecule has 0 aliphatic carbocycles. The van der Waals surface area contributed by atoms with Gasteiger partial charge in [0.1, 0.15) is 11.6 Å². The third-order valence-corrected chi connectivity index (χ3v) is 6.58. The maximum Gasteiger partial charge on any atom is 0.237 e. The number of aromatic nitrogens is 2. The number of carbonyl (C=O) groups excluding carboxylic acids is 1. The number of hydrogen-bond acceptors (Lipinski definition) is 6. The van der Waals surface area contributed by atoms with Crippen LogP contribution < -0.4 is 10.6 Å². The second-order valence-corrected chi connectivity index (χ2v) is 9.12. The maximum absolute atomic E-state index is 13.4. The summed E-state index contributed by atoms with van der Waals surface area (Å²) < 4.78 is 0. The van der Waals surface area contributed by atoms with Gasteiger partial charge in [0.05, 0.1) is 18.3 Å². The summed E-state index contributed by atoms with van der Waals surface area (Å²) in [5.41, 5.74) is 3.48. The van der Waals surface area contributed by atoms with Gasteiger partial charge >= 0.3 is 0 Å². The lowest BCUT2D eigenvalue weighted by Crippen LogP contribution is -2.46. The lowest BCUT2D eigenvalue weighted by molar-refractivity contribution is -0.135. The molecule has 32 heavy (non-hydrogen) atoms. The van der Waals surface area contributed by atoms with E-state index in [1.807, 2.05) is 30.1 Å². The molecule has 1 aromatic heterocycles. The molecular weight excluding hydrogens is 400 g/mol. The van der Waals surface area contributed by atoms with Crippen molar-refractivity contribution in [2.45, 2.75) is 64.7 Å². The quantitative estimate of drug-likeness (QED) is 0.695. The second kappa shape index (κ2) is 10.4. The standard InChI is InChI=1S/C25H36N6O/c1-18(2)31(16-19-9-5-4-6-10-19)23(32)17-30-14-8-7-11-22(30)25-28-21-15-27-13-12-20(21)24(26-3)29-25/h4-6,9-10,18,22,27H,7-8,11-17H2,1-3H3,(H,26,28,29). The lowest BCUT2D eigenvalue weighted by Gasteiger charge is -2.37. The van der Waals surface area contributed by atoms with Crippen LogP contribution in [0.3, 0.4) is 0 Å². The molecule has 7 nitrogen and oxygen atoms in total. The normalized spacial score (nSPS) is 18.9. The summed E-state index contributed by atoms with van der Waals surface area (Å²) >= 11 is 0. The number of likely N-dealkylation sites (tertiary alicyclic amines) is 1. The zero-order valence-electron chi connectivity index (χ0n) is 19.6. The minimum absolute atomic E-state index is 0.0813. The minimum Gasteiger partial charge on any atom is -0.373 e. The van der Waals surface area contributed by atoms with Gasteiger partial charge in [0.2, 0.25) is 5.91 Å². The van der Waals surface area contributed by atoms with Crippen LogP contribution in [0.2, 0.25) is 0 Å². The molecular formula is C25H36N6O. The van der Waals surface area contributed by atoms with E-state index in [4.69, 9.17) is 9.97 Å². The van der Waals surface area contributed by atoms with Crippen molar-refractivity contribution in [1.82, 2.24) is 25.1 Å². The van der Waals surface area contributed by atoms with Gasteiger partial charge in [-0.3, -0.25) is 9.69 Å². The highest BCUT2D eigenvalue weighted by atomic mass is 16.2. The van der Waals surface area contributed by atoms with Crippen LogP contribution in [0.4, 0.5) is 5.82 Å². The third-order valence-electron chi connectivity index (χ3n) is 6.58. The molecule has 1 unspecified atom stereocenters. The van der Waals surface area contributed by atoms with Crippen molar-refractivity contribution < 1.29 is 4.79 Å². The molecule has 0 spiro atoms. The van der Waals surface area contributed by atoms with Gasteiger partial charge in [-0.2, -0.15) is 0 Å². The van der Waals surface area contributed by atoms with Crippen molar-refractivity contribution in [1.29, 1.82) is 0 Å². The van der Waals surface area contributed by atoms with E-state index in [0.29, 0.717) is 13.1 Å². The average molecular weight is 437 g/mol. The number of nitrogens with one attached hydrogen (secondary N) is 2. The zero-order chi connectivity index (χ0) is 22.5. The van der Waals surface area contributed by atoms with Crippen molar-refractivity contribution in [3.8, 4) is 0 Å². The van der Waals surface area contributed by atoms with Crippen LogP contribution in [0, 0.1) is 0 Å². The molecule has 2 aromatic rings. The number of piperidine rings is 1. The van der Waals surface area contributed by atoms with Gasteiger partial charge < -0.3 is 15.5 Å². The van der Waals surface area contributed by atoms with Crippen molar-refractivity contribution in [3.63, 3.8) is 0 Å². The first-order valence-corrected chi connectivity index (χ1v) is 11.9. The van der Waals surface area contributed by atoms with E-state index in [1.54, 1.807) is 0 Å². The zero-order valence-corrected chi connectivity index (χ0v) is 19.6. The number of benzene rings is 1. The maximum atomic E-state index is 13.4. The summed E-state index contributed by atoms with van der Waals surface area (Å²) in [5.74, 6) is 1.96. The van der Waals surface area contributed by atoms with E-state index in [-0.39, 0.29) is 18.0 Å². The van der Waals surface area contributed by atoms with Crippen molar-refractivity contribution in [2.24, 2.45) is 0 Å². The predicted molar refractivity (Wildman–Crippen MR) is 127 cm³/mol. The minimum atomic E-state index is 0.0813. The lowest BCUT2D eigenvalue weighted by atomic mass is 10.00. The Kier molecular flexibility index (Phi) is 7.37. The number of nitrogens with zero attached hydrogens (tertiary/aromatic N) is 4. The Morgan fingerprint density at radius 3 is 2.81 bits per heavy atom. The molecule has 1 saturated heterocycles. The molecule has 7 heteroatoms. The van der Waals surface area contributed by atoms with E-state index in [0.717, 1.165) is 68.2 Å². The third kappa shape index (κ3) is 5.10. The first-order chi connectivity index (χ1) is 15.6. The molecule has 2 N–H and O–H groups in total. The first kappa shape index (κ1) is 22.7. The summed E-state index contributed by atoms with van der Waals surface area (Å²) in [5, 5.41) is 6.70. The SMILES string of the molecule is CNc1nc(C2CCCCN2CC(=O)N(Cc2ccccc2)C(C)C)nc2c1CCNC2. The summed E-state index contributed by atoms with van der Waals surface area (Å²) in [6, 6.07) is 10.5. The second-order valence-electron chi connectivity index (χ2n) is 9.12. The number of fused-ring (bicyclic) bond motifs is 1. The Labute approximate surface area is 191 Å². The molecule has 3 heterocycles. The molecule has 0 radical (unpaired) electrons. The summed E-state index contributed by atoms with van der Waals surface area (Å²) in [6.07, 6.45) is 4.18. The highest BCUT2D eigenvalue weighted by Crippen LogP contribution is 2.31. The van der Waals surface area contributed by atoms with Crippen LogP contribution in [0.15, 0.2) is 30.3 Å². The van der Waals surface area contributed by atoms with Gasteiger partial charge in [-0.15, -0.1) is 0 Å². The van der Waals surface area contributed by atoms with E-state index in [9.17, 15) is 4.79 Å². The summed E-state index contributed by atoms with van der Waals surface area (Å²) in [6.45, 7) is 7.87. The van der Waals surface area contributed by atoms with E-state index >= 15 is 0 Å². The fourth-order valence-corrected chi connectivity index (χ4v) is 4.81. The van der Waals surface area contributed by atoms with Crippen molar-refractivity contribution in [2.75, 3.05) is 32.0 Å². The van der Waals surface area contributed by atoms with Crippen LogP contribution in [-0.4, -0.2) is 58.4 Å². The Bertz CT molecular complexity index is 899. The Balaban J connectivity index is 1.54. The van der Waals surface area contributed by atoms with Crippen LogP contribution in [-0.2, 0) is 24.3 Å². The fraction of sp³-hybridized carbons (Fsp3) is 0.560. The molecule has 0 saturated carbocycles. The largest absolute Gasteiger partial charge is 0.373 e. The number of anilines is 1. The van der Waals surface area contributed by atoms with E-state index in [2.05, 4.69) is 41.5 Å². The number of amides is 1. The molecule has 1 amide bonds. The highest BCUT2D eigenvalue weighted by Gasteiger charge is 2.31. The molecule has 2 aliphatic rings. The summed E-state index contributed by atoms with van der Waals surface area (Å²) in [7, 11) is 1.93. The summed E-state index contributed by atoms with van der Waals surface area (Å²) in [4.78, 5) is 27.6. The van der Waals surface area contributed by atoms with Crippen LogP contribution in [0.1, 0.15) is 61.8 Å². The van der Waals surface area contributed by atoms with Gasteiger partial charge in [0, 0.05) is 31.7 Å². The molecule has 172 valence electrons. The molecule has 1 atom stereocenters. The highest BCUT2D eigenvalue weighted by molar-refractivity contribution is 5.78. The predicted octanol–water partition coefficient (Wildman–Crippen LogP) is 3.13. The van der Waals surface area contributed by atoms with Gasteiger partial charge in [0.15, 0.2) is 0 Å². The number of rotatable bonds is 7. The van der Waals surface area contributed by atoms with Crippen LogP contribution in [0.25, 0.3) is 0 Å². The topological polar surface area (TPSA) is 73.4 Å². The van der Waals surface area contributed by atoms with E-state index in [1.165, 1.54) is 5.56 Å². The van der Waals surface area contributed by atoms with Gasteiger partial charge in [0.25, 0.3) is 0 Å². The Morgan fingerprint density at radius 1 is 1.25 bits per heavy atom. The Hall–Kier alpha value is -2.51. The van der Waals surface area contributed by atoms with Gasteiger partial charge in [-0.25, -0.2) is 9.97 Å². The van der Waals surface area contributed by atoms with E-state index < -0.39 is 0 Å². The van der Waals surface area contributed by atoms with Gasteiger partial charge in [-0.05, 0) is 51.8 Å². The molecule has 2 aliphatic heterocycles. The van der Waals surface area contributed by atoms with Crippen molar-refractivity contribution in [3.05, 3.63) is 53.0 Å². The molecule has 1 aromatic carbocycles. The van der Waals surface area contributed by atoms with Gasteiger partial charge in [-0.1, -0.05) is 36.8 Å². The van der Waals surface area contributed by atoms with Crippen LogP contribution >= 0.6 is 0 Å². The van der Waals surface area contributed by atoms with Crippen molar-refractivity contribution >= 4 is 11.7 Å². The Morgan fingerprint density at radius 2 is 2.06 bits per heavy atom.